The van der Waals surface area contributed by atoms with E-state index in [2.05, 4.69) is 31.8 Å². The molecule has 4 aromatic carbocycles. The normalized spacial score (nSPS) is 10.8. The first-order chi connectivity index (χ1) is 18.4. The molecule has 0 aliphatic heterocycles. The van der Waals surface area contributed by atoms with E-state index in [0.717, 1.165) is 10.8 Å². The van der Waals surface area contributed by atoms with Gasteiger partial charge in [0.25, 0.3) is 11.8 Å². The van der Waals surface area contributed by atoms with Crippen LogP contribution in [0.15, 0.2) is 82.4 Å². The Kier molecular flexibility index (Phi) is 8.55. The molecule has 0 heterocycles. The minimum atomic E-state index is -0.431. The average molecular weight is 580 g/mol. The van der Waals surface area contributed by atoms with Crippen LogP contribution in [0.1, 0.15) is 15.9 Å². The second kappa shape index (κ2) is 12.2. The highest BCUT2D eigenvalue weighted by molar-refractivity contribution is 9.10. The number of benzene rings is 4. The zero-order chi connectivity index (χ0) is 27.1. The highest BCUT2D eigenvalue weighted by Crippen LogP contribution is 2.33. The van der Waals surface area contributed by atoms with Crippen molar-refractivity contribution in [3.05, 3.63) is 94.2 Å². The molecule has 10 heteroatoms. The van der Waals surface area contributed by atoms with E-state index in [1.807, 2.05) is 24.3 Å². The molecule has 38 heavy (non-hydrogen) atoms. The molecule has 4 rings (SSSR count). The molecule has 0 radical (unpaired) electrons. The van der Waals surface area contributed by atoms with E-state index in [0.29, 0.717) is 38.5 Å². The Balaban J connectivity index is 1.42. The lowest BCUT2D eigenvalue weighted by atomic mass is 10.1. The fourth-order valence-electron chi connectivity index (χ4n) is 3.58. The molecule has 0 saturated heterocycles. The van der Waals surface area contributed by atoms with Crippen LogP contribution in [0, 0.1) is 5.82 Å². The third-order valence-corrected chi connectivity index (χ3v) is 6.14. The van der Waals surface area contributed by atoms with Gasteiger partial charge in [-0.1, -0.05) is 24.3 Å². The molecular formula is C28H23BrFN3O5. The van der Waals surface area contributed by atoms with Crippen LogP contribution < -0.4 is 25.0 Å². The Bertz CT molecular complexity index is 1510. The van der Waals surface area contributed by atoms with Crippen LogP contribution >= 0.6 is 15.9 Å². The largest absolute Gasteiger partial charge is 0.496 e. The number of rotatable bonds is 9. The molecule has 0 aliphatic carbocycles. The second-order valence-electron chi connectivity index (χ2n) is 7.97. The fourth-order valence-corrected chi connectivity index (χ4v) is 4.01. The molecule has 8 nitrogen and oxygen atoms in total. The summed E-state index contributed by atoms with van der Waals surface area (Å²) in [6.45, 7) is -0.294. The zero-order valence-corrected chi connectivity index (χ0v) is 22.0. The molecule has 4 aromatic rings. The molecule has 0 aliphatic rings. The molecule has 0 saturated carbocycles. The van der Waals surface area contributed by atoms with Crippen molar-refractivity contribution < 1.29 is 28.2 Å². The SMILES string of the molecule is COc1cc(/C=N\NC(=O)c2cc3ccccc3cc2OC)c(Br)cc1OCC(=O)Nc1ccc(F)cc1. The summed E-state index contributed by atoms with van der Waals surface area (Å²) in [5.74, 6) is -0.150. The Hall–Kier alpha value is -4.44. The van der Waals surface area contributed by atoms with E-state index in [-0.39, 0.29) is 6.61 Å². The van der Waals surface area contributed by atoms with Crippen molar-refractivity contribution in [3.8, 4) is 17.2 Å². The summed E-state index contributed by atoms with van der Waals surface area (Å²) in [4.78, 5) is 25.0. The monoisotopic (exact) mass is 579 g/mol. The number of fused-ring (bicyclic) bond motifs is 1. The maximum absolute atomic E-state index is 13.0. The third kappa shape index (κ3) is 6.46. The van der Waals surface area contributed by atoms with Gasteiger partial charge >= 0.3 is 0 Å². The highest BCUT2D eigenvalue weighted by Gasteiger charge is 2.14. The first-order valence-corrected chi connectivity index (χ1v) is 12.1. The minimum Gasteiger partial charge on any atom is -0.496 e. The molecule has 0 fully saturated rings. The fraction of sp³-hybridized carbons (Fsp3) is 0.107. The minimum absolute atomic E-state index is 0.294. The summed E-state index contributed by atoms with van der Waals surface area (Å²) < 4.78 is 30.0. The molecule has 0 spiro atoms. The quantitative estimate of drug-likeness (QED) is 0.200. The Morgan fingerprint density at radius 1 is 0.921 bits per heavy atom. The van der Waals surface area contributed by atoms with Crippen LogP contribution in [-0.4, -0.2) is 38.9 Å². The number of methoxy groups -OCH3 is 2. The number of anilines is 1. The van der Waals surface area contributed by atoms with Crippen LogP contribution in [-0.2, 0) is 4.79 Å². The van der Waals surface area contributed by atoms with Gasteiger partial charge in [0.1, 0.15) is 11.6 Å². The lowest BCUT2D eigenvalue weighted by Crippen LogP contribution is -2.20. The summed E-state index contributed by atoms with van der Waals surface area (Å²) >= 11 is 3.44. The average Bonchev–Trinajstić information content (AvgIpc) is 2.93. The van der Waals surface area contributed by atoms with E-state index in [4.69, 9.17) is 14.2 Å². The lowest BCUT2D eigenvalue weighted by molar-refractivity contribution is -0.118. The zero-order valence-electron chi connectivity index (χ0n) is 20.5. The van der Waals surface area contributed by atoms with Crippen LogP contribution in [0.3, 0.4) is 0 Å². The van der Waals surface area contributed by atoms with Crippen molar-refractivity contribution in [2.75, 3.05) is 26.1 Å². The van der Waals surface area contributed by atoms with Crippen molar-refractivity contribution in [2.45, 2.75) is 0 Å². The summed E-state index contributed by atoms with van der Waals surface area (Å²) in [5, 5.41) is 8.54. The van der Waals surface area contributed by atoms with Crippen LogP contribution in [0.5, 0.6) is 17.2 Å². The first kappa shape index (κ1) is 26.6. The van der Waals surface area contributed by atoms with Crippen LogP contribution in [0.4, 0.5) is 10.1 Å². The van der Waals surface area contributed by atoms with Gasteiger partial charge in [0.15, 0.2) is 18.1 Å². The molecule has 194 valence electrons. The lowest BCUT2D eigenvalue weighted by Gasteiger charge is -2.13. The van der Waals surface area contributed by atoms with Crippen molar-refractivity contribution in [1.82, 2.24) is 5.43 Å². The molecule has 0 aromatic heterocycles. The van der Waals surface area contributed by atoms with Crippen LogP contribution in [0.25, 0.3) is 10.8 Å². The predicted molar refractivity (Wildman–Crippen MR) is 147 cm³/mol. The van der Waals surface area contributed by atoms with Crippen LogP contribution in [0.2, 0.25) is 0 Å². The van der Waals surface area contributed by atoms with Gasteiger partial charge < -0.3 is 19.5 Å². The van der Waals surface area contributed by atoms with Gasteiger partial charge in [0, 0.05) is 15.7 Å². The van der Waals surface area contributed by atoms with Crippen molar-refractivity contribution in [1.29, 1.82) is 0 Å². The number of carbonyl (C=O) groups excluding carboxylic acids is 2. The number of hydrogen-bond donors (Lipinski definition) is 2. The molecule has 0 atom stereocenters. The van der Waals surface area contributed by atoms with Crippen molar-refractivity contribution >= 4 is 50.4 Å². The number of hydrogen-bond acceptors (Lipinski definition) is 6. The number of nitrogens with one attached hydrogen (secondary N) is 2. The maximum Gasteiger partial charge on any atom is 0.275 e. The number of nitrogens with zero attached hydrogens (tertiary/aromatic N) is 1. The molecule has 2 amide bonds. The van der Waals surface area contributed by atoms with E-state index in [1.54, 1.807) is 24.3 Å². The summed E-state index contributed by atoms with van der Waals surface area (Å²) in [5.41, 5.74) is 3.90. The maximum atomic E-state index is 13.0. The number of hydrazone groups is 1. The Labute approximate surface area is 226 Å². The highest BCUT2D eigenvalue weighted by atomic mass is 79.9. The summed E-state index contributed by atoms with van der Waals surface area (Å²) in [6.07, 6.45) is 1.45. The topological polar surface area (TPSA) is 98.2 Å². The predicted octanol–water partition coefficient (Wildman–Crippen LogP) is 5.54. The van der Waals surface area contributed by atoms with Gasteiger partial charge in [-0.05, 0) is 75.2 Å². The molecule has 0 unspecified atom stereocenters. The Morgan fingerprint density at radius 3 is 2.29 bits per heavy atom. The van der Waals surface area contributed by atoms with Gasteiger partial charge in [-0.25, -0.2) is 9.82 Å². The summed E-state index contributed by atoms with van der Waals surface area (Å²) in [7, 11) is 2.97. The summed E-state index contributed by atoms with van der Waals surface area (Å²) in [6, 6.07) is 19.9. The number of amides is 2. The first-order valence-electron chi connectivity index (χ1n) is 11.3. The number of ether oxygens (including phenoxy) is 3. The van der Waals surface area contributed by atoms with E-state index in [9.17, 15) is 14.0 Å². The molecule has 2 N–H and O–H groups in total. The standard InChI is InChI=1S/C28H23BrFN3O5/c1-36-24-12-18-6-4-3-5-17(18)11-22(24)28(35)33-31-15-19-13-25(37-2)26(14-23(19)29)38-16-27(34)32-21-9-7-20(30)8-10-21/h3-15H,16H2,1-2H3,(H,32,34)(H,33,35)/b31-15-. The number of carbonyl (C=O) groups is 2. The van der Waals surface area contributed by atoms with E-state index < -0.39 is 17.6 Å². The smallest absolute Gasteiger partial charge is 0.275 e. The van der Waals surface area contributed by atoms with E-state index in [1.165, 1.54) is 44.7 Å². The second-order valence-corrected chi connectivity index (χ2v) is 8.82. The molecular weight excluding hydrogens is 557 g/mol. The van der Waals surface area contributed by atoms with E-state index >= 15 is 0 Å². The van der Waals surface area contributed by atoms with Gasteiger partial charge in [0.2, 0.25) is 0 Å². The van der Waals surface area contributed by atoms with Crippen molar-refractivity contribution in [2.24, 2.45) is 5.10 Å². The van der Waals surface area contributed by atoms with Gasteiger partial charge in [-0.15, -0.1) is 0 Å². The van der Waals surface area contributed by atoms with Gasteiger partial charge in [0.05, 0.1) is 26.0 Å². The third-order valence-electron chi connectivity index (χ3n) is 5.45. The van der Waals surface area contributed by atoms with Gasteiger partial charge in [-0.3, -0.25) is 9.59 Å². The van der Waals surface area contributed by atoms with Gasteiger partial charge in [-0.2, -0.15) is 5.10 Å². The number of halogens is 2. The van der Waals surface area contributed by atoms with Crippen molar-refractivity contribution in [3.63, 3.8) is 0 Å². The Morgan fingerprint density at radius 2 is 1.61 bits per heavy atom. The molecule has 0 bridgehead atoms.